The number of carbonyl (C=O) groups is 1. The Morgan fingerprint density at radius 3 is 2.68 bits per heavy atom. The zero-order chi connectivity index (χ0) is 13.8. The van der Waals surface area contributed by atoms with Gasteiger partial charge in [0.05, 0.1) is 18.7 Å². The van der Waals surface area contributed by atoms with Gasteiger partial charge in [-0.15, -0.1) is 0 Å². The van der Waals surface area contributed by atoms with Crippen LogP contribution in [-0.2, 0) is 0 Å². The van der Waals surface area contributed by atoms with Crippen LogP contribution in [0.1, 0.15) is 21.5 Å². The van der Waals surface area contributed by atoms with Crippen LogP contribution < -0.4 is 10.5 Å². The van der Waals surface area contributed by atoms with Crippen LogP contribution >= 0.6 is 0 Å². The van der Waals surface area contributed by atoms with Gasteiger partial charge in [-0.2, -0.15) is 5.26 Å². The molecule has 94 valence electrons. The van der Waals surface area contributed by atoms with Gasteiger partial charge in [0, 0.05) is 22.9 Å². The number of carbonyl (C=O) groups excluding carboxylic acids is 1. The van der Waals surface area contributed by atoms with E-state index in [2.05, 4.69) is 0 Å². The normalized spacial score (nSPS) is 9.68. The van der Waals surface area contributed by atoms with Gasteiger partial charge in [0.2, 0.25) is 0 Å². The van der Waals surface area contributed by atoms with E-state index in [-0.39, 0.29) is 5.78 Å². The first-order valence-corrected chi connectivity index (χ1v) is 5.64. The summed E-state index contributed by atoms with van der Waals surface area (Å²) >= 11 is 0. The summed E-state index contributed by atoms with van der Waals surface area (Å²) in [4.78, 5) is 12.3. The number of benzene rings is 2. The van der Waals surface area contributed by atoms with Crippen LogP contribution in [0, 0.1) is 11.3 Å². The Labute approximate surface area is 111 Å². The number of hydrogen-bond donors (Lipinski definition) is 1. The minimum Gasteiger partial charge on any atom is -0.497 e. The fraction of sp³-hybridized carbons (Fsp3) is 0.0667. The molecule has 0 fully saturated rings. The van der Waals surface area contributed by atoms with Gasteiger partial charge in [-0.05, 0) is 24.3 Å². The molecule has 0 aliphatic rings. The Morgan fingerprint density at radius 1 is 1.26 bits per heavy atom. The van der Waals surface area contributed by atoms with Gasteiger partial charge >= 0.3 is 0 Å². The molecular weight excluding hydrogens is 240 g/mol. The van der Waals surface area contributed by atoms with Crippen molar-refractivity contribution in [2.24, 2.45) is 0 Å². The molecule has 2 aromatic rings. The van der Waals surface area contributed by atoms with Crippen molar-refractivity contribution in [1.29, 1.82) is 5.26 Å². The summed E-state index contributed by atoms with van der Waals surface area (Å²) in [5.41, 5.74) is 7.48. The molecule has 0 bridgehead atoms. The minimum absolute atomic E-state index is 0.211. The molecule has 0 radical (unpaired) electrons. The van der Waals surface area contributed by atoms with Crippen molar-refractivity contribution in [3.8, 4) is 11.8 Å². The van der Waals surface area contributed by atoms with Crippen LogP contribution in [0.4, 0.5) is 5.69 Å². The van der Waals surface area contributed by atoms with E-state index in [0.717, 1.165) is 0 Å². The zero-order valence-corrected chi connectivity index (χ0v) is 10.4. The third-order valence-corrected chi connectivity index (χ3v) is 2.76. The predicted octanol–water partition coefficient (Wildman–Crippen LogP) is 2.38. The summed E-state index contributed by atoms with van der Waals surface area (Å²) in [6.45, 7) is 0. The zero-order valence-electron chi connectivity index (χ0n) is 10.4. The van der Waals surface area contributed by atoms with Crippen LogP contribution in [0.5, 0.6) is 5.75 Å². The molecule has 2 aromatic carbocycles. The molecule has 0 aliphatic heterocycles. The summed E-state index contributed by atoms with van der Waals surface area (Å²) in [5, 5.41) is 8.83. The third-order valence-electron chi connectivity index (χ3n) is 2.76. The molecule has 2 rings (SSSR count). The fourth-order valence-electron chi connectivity index (χ4n) is 1.76. The molecule has 0 atom stereocenters. The fourth-order valence-corrected chi connectivity index (χ4v) is 1.76. The van der Waals surface area contributed by atoms with Gasteiger partial charge in [0.15, 0.2) is 5.78 Å². The maximum Gasteiger partial charge on any atom is 0.195 e. The summed E-state index contributed by atoms with van der Waals surface area (Å²) in [6, 6.07) is 13.4. The number of nitrogens with two attached hydrogens (primary N) is 1. The molecule has 0 aromatic heterocycles. The lowest BCUT2D eigenvalue weighted by Crippen LogP contribution is -2.05. The molecule has 0 saturated carbocycles. The van der Waals surface area contributed by atoms with E-state index in [1.165, 1.54) is 7.11 Å². The maximum atomic E-state index is 12.3. The molecule has 4 heteroatoms. The van der Waals surface area contributed by atoms with Crippen molar-refractivity contribution in [3.05, 3.63) is 59.2 Å². The first-order valence-electron chi connectivity index (χ1n) is 5.64. The van der Waals surface area contributed by atoms with Crippen LogP contribution in [0.15, 0.2) is 42.5 Å². The maximum absolute atomic E-state index is 12.3. The smallest absolute Gasteiger partial charge is 0.195 e. The molecule has 0 amide bonds. The number of methoxy groups -OCH3 is 1. The second kappa shape index (κ2) is 5.23. The van der Waals surface area contributed by atoms with Gasteiger partial charge in [0.25, 0.3) is 0 Å². The average Bonchev–Trinajstić information content (AvgIpc) is 2.46. The van der Waals surface area contributed by atoms with Crippen LogP contribution in [-0.4, -0.2) is 12.9 Å². The standard InChI is InChI=1S/C15H12N2O2/c1-19-12-5-6-13(14(17)8-12)15(18)11-4-2-3-10(7-11)9-16/h2-8H,17H2,1H3. The van der Waals surface area contributed by atoms with Gasteiger partial charge in [-0.1, -0.05) is 12.1 Å². The van der Waals surface area contributed by atoms with Gasteiger partial charge < -0.3 is 10.5 Å². The Hall–Kier alpha value is -2.80. The largest absolute Gasteiger partial charge is 0.497 e. The third kappa shape index (κ3) is 2.55. The quantitative estimate of drug-likeness (QED) is 0.672. The molecule has 0 saturated heterocycles. The van der Waals surface area contributed by atoms with Crippen molar-refractivity contribution in [2.45, 2.75) is 0 Å². The van der Waals surface area contributed by atoms with Crippen molar-refractivity contribution in [1.82, 2.24) is 0 Å². The number of nitrogen functional groups attached to an aromatic ring is 1. The molecule has 2 N–H and O–H groups in total. The van der Waals surface area contributed by atoms with Crippen LogP contribution in [0.25, 0.3) is 0 Å². The molecule has 4 nitrogen and oxygen atoms in total. The number of rotatable bonds is 3. The Balaban J connectivity index is 2.41. The van der Waals surface area contributed by atoms with Crippen molar-refractivity contribution in [3.63, 3.8) is 0 Å². The Bertz CT molecular complexity index is 672. The van der Waals surface area contributed by atoms with E-state index in [4.69, 9.17) is 15.7 Å². The highest BCUT2D eigenvalue weighted by atomic mass is 16.5. The molecule has 0 unspecified atom stereocenters. The molecule has 0 heterocycles. The Kier molecular flexibility index (Phi) is 3.48. The lowest BCUT2D eigenvalue weighted by Gasteiger charge is -2.07. The monoisotopic (exact) mass is 252 g/mol. The number of nitriles is 1. The molecule has 0 spiro atoms. The van der Waals surface area contributed by atoms with Gasteiger partial charge in [-0.3, -0.25) is 4.79 Å². The van der Waals surface area contributed by atoms with E-state index in [1.54, 1.807) is 42.5 Å². The summed E-state index contributed by atoms with van der Waals surface area (Å²) < 4.78 is 5.04. The minimum atomic E-state index is -0.211. The second-order valence-electron chi connectivity index (χ2n) is 3.97. The number of nitrogens with zero attached hydrogens (tertiary/aromatic N) is 1. The van der Waals surface area contributed by atoms with Crippen LogP contribution in [0.3, 0.4) is 0 Å². The number of hydrogen-bond acceptors (Lipinski definition) is 4. The van der Waals surface area contributed by atoms with E-state index < -0.39 is 0 Å². The number of ether oxygens (including phenoxy) is 1. The van der Waals surface area contributed by atoms with E-state index >= 15 is 0 Å². The Morgan fingerprint density at radius 2 is 2.05 bits per heavy atom. The van der Waals surface area contributed by atoms with Crippen molar-refractivity contribution >= 4 is 11.5 Å². The highest BCUT2D eigenvalue weighted by molar-refractivity contribution is 6.12. The predicted molar refractivity (Wildman–Crippen MR) is 72.0 cm³/mol. The van der Waals surface area contributed by atoms with Gasteiger partial charge in [0.1, 0.15) is 5.75 Å². The first kappa shape index (κ1) is 12.7. The number of anilines is 1. The van der Waals surface area contributed by atoms with E-state index in [1.807, 2.05) is 6.07 Å². The average molecular weight is 252 g/mol. The molecule has 19 heavy (non-hydrogen) atoms. The highest BCUT2D eigenvalue weighted by Crippen LogP contribution is 2.22. The summed E-state index contributed by atoms with van der Waals surface area (Å²) in [6.07, 6.45) is 0. The second-order valence-corrected chi connectivity index (χ2v) is 3.97. The SMILES string of the molecule is COc1ccc(C(=O)c2cccc(C#N)c2)c(N)c1. The van der Waals surface area contributed by atoms with Gasteiger partial charge in [-0.25, -0.2) is 0 Å². The van der Waals surface area contributed by atoms with E-state index in [0.29, 0.717) is 28.1 Å². The molecule has 0 aliphatic carbocycles. The number of ketones is 1. The topological polar surface area (TPSA) is 76.1 Å². The van der Waals surface area contributed by atoms with Crippen molar-refractivity contribution in [2.75, 3.05) is 12.8 Å². The first-order chi connectivity index (χ1) is 9.15. The lowest BCUT2D eigenvalue weighted by molar-refractivity contribution is 0.103. The summed E-state index contributed by atoms with van der Waals surface area (Å²) in [7, 11) is 1.53. The summed E-state index contributed by atoms with van der Waals surface area (Å²) in [5.74, 6) is 0.386. The van der Waals surface area contributed by atoms with E-state index in [9.17, 15) is 4.79 Å². The molecular formula is C15H12N2O2. The van der Waals surface area contributed by atoms with Crippen LogP contribution in [0.2, 0.25) is 0 Å². The van der Waals surface area contributed by atoms with Crippen molar-refractivity contribution < 1.29 is 9.53 Å². The highest BCUT2D eigenvalue weighted by Gasteiger charge is 2.13. The lowest BCUT2D eigenvalue weighted by atomic mass is 10.00.